The fourth-order valence-corrected chi connectivity index (χ4v) is 3.19. The third kappa shape index (κ3) is 3.07. The van der Waals surface area contributed by atoms with Crippen LogP contribution in [0.1, 0.15) is 21.9 Å². The molecule has 0 aromatic carbocycles. The van der Waals surface area contributed by atoms with Crippen LogP contribution in [0.5, 0.6) is 0 Å². The molecule has 1 aliphatic rings. The van der Waals surface area contributed by atoms with E-state index in [0.717, 1.165) is 35.7 Å². The van der Waals surface area contributed by atoms with E-state index in [2.05, 4.69) is 20.2 Å². The number of amides is 1. The van der Waals surface area contributed by atoms with E-state index in [9.17, 15) is 4.79 Å². The number of aliphatic hydroxyl groups excluding tert-OH is 1. The highest BCUT2D eigenvalue weighted by atomic mass is 16.3. The first kappa shape index (κ1) is 16.7. The Kier molecular flexibility index (Phi) is 4.68. The van der Waals surface area contributed by atoms with Gasteiger partial charge in [-0.05, 0) is 19.9 Å². The van der Waals surface area contributed by atoms with Gasteiger partial charge in [-0.15, -0.1) is 0 Å². The summed E-state index contributed by atoms with van der Waals surface area (Å²) in [6.07, 6.45) is 0. The van der Waals surface area contributed by atoms with Crippen molar-refractivity contribution in [3.63, 3.8) is 0 Å². The average molecular weight is 332 g/mol. The number of rotatable bonds is 4. The molecule has 130 valence electrons. The molecule has 0 saturated carbocycles. The Balaban J connectivity index is 1.73. The molecule has 0 spiro atoms. The maximum Gasteiger partial charge on any atom is 0.271 e. The van der Waals surface area contributed by atoms with Gasteiger partial charge in [-0.1, -0.05) is 0 Å². The molecule has 0 unspecified atom stereocenters. The number of β-amino-alcohol motifs (C(OH)–C–C–N with tert-alkyl or cyclic N) is 1. The Morgan fingerprint density at radius 2 is 2.00 bits per heavy atom. The Morgan fingerprint density at radius 3 is 2.58 bits per heavy atom. The summed E-state index contributed by atoms with van der Waals surface area (Å²) in [6.45, 7) is 7.65. The topological polar surface area (TPSA) is 90.3 Å². The Bertz CT molecular complexity index is 727. The van der Waals surface area contributed by atoms with Gasteiger partial charge in [0.25, 0.3) is 5.91 Å². The molecule has 0 bridgehead atoms. The molecule has 2 aromatic rings. The van der Waals surface area contributed by atoms with Crippen LogP contribution < -0.4 is 0 Å². The van der Waals surface area contributed by atoms with E-state index in [4.69, 9.17) is 5.11 Å². The summed E-state index contributed by atoms with van der Waals surface area (Å²) in [7, 11) is 1.90. The number of aromatic amines is 1. The lowest BCUT2D eigenvalue weighted by atomic mass is 10.1. The Morgan fingerprint density at radius 1 is 1.29 bits per heavy atom. The van der Waals surface area contributed by atoms with Crippen molar-refractivity contribution in [2.24, 2.45) is 7.05 Å². The van der Waals surface area contributed by atoms with Crippen molar-refractivity contribution < 1.29 is 9.90 Å². The van der Waals surface area contributed by atoms with Gasteiger partial charge in [-0.3, -0.25) is 19.5 Å². The quantitative estimate of drug-likeness (QED) is 0.833. The molecule has 1 fully saturated rings. The number of hydrogen-bond acceptors (Lipinski definition) is 5. The van der Waals surface area contributed by atoms with Crippen molar-refractivity contribution in [2.45, 2.75) is 13.8 Å². The number of piperazine rings is 1. The zero-order valence-electron chi connectivity index (χ0n) is 14.4. The number of aliphatic hydroxyl groups is 1. The molecule has 1 aliphatic heterocycles. The Hall–Kier alpha value is -2.19. The largest absolute Gasteiger partial charge is 0.395 e. The maximum atomic E-state index is 12.6. The van der Waals surface area contributed by atoms with Crippen molar-refractivity contribution in [1.82, 2.24) is 29.8 Å². The summed E-state index contributed by atoms with van der Waals surface area (Å²) < 4.78 is 1.82. The van der Waals surface area contributed by atoms with E-state index in [-0.39, 0.29) is 12.5 Å². The van der Waals surface area contributed by atoms with Crippen LogP contribution in [-0.4, -0.2) is 80.1 Å². The fraction of sp³-hybridized carbons (Fsp3) is 0.562. The predicted molar refractivity (Wildman–Crippen MR) is 89.7 cm³/mol. The first-order valence-corrected chi connectivity index (χ1v) is 8.19. The highest BCUT2D eigenvalue weighted by Crippen LogP contribution is 2.25. The SMILES string of the molecule is Cc1nn(C)c(C)c1-c1cc(C(=O)N2CCN(CCO)CC2)[nH]n1. The molecule has 8 heteroatoms. The molecule has 0 aliphatic carbocycles. The molecule has 1 saturated heterocycles. The Labute approximate surface area is 141 Å². The lowest BCUT2D eigenvalue weighted by molar-refractivity contribution is 0.0609. The number of nitrogens with one attached hydrogen (secondary N) is 1. The van der Waals surface area contributed by atoms with E-state index in [1.54, 1.807) is 6.07 Å². The number of aromatic nitrogens is 4. The van der Waals surface area contributed by atoms with E-state index in [0.29, 0.717) is 25.3 Å². The predicted octanol–water partition coefficient (Wildman–Crippen LogP) is 0.177. The summed E-state index contributed by atoms with van der Waals surface area (Å²) in [4.78, 5) is 16.6. The monoisotopic (exact) mass is 332 g/mol. The second-order valence-electron chi connectivity index (χ2n) is 6.19. The third-order valence-electron chi connectivity index (χ3n) is 4.65. The zero-order chi connectivity index (χ0) is 17.3. The summed E-state index contributed by atoms with van der Waals surface area (Å²) in [6, 6.07) is 1.81. The van der Waals surface area contributed by atoms with E-state index in [1.807, 2.05) is 30.5 Å². The average Bonchev–Trinajstić information content (AvgIpc) is 3.13. The first-order valence-electron chi connectivity index (χ1n) is 8.19. The molecule has 3 heterocycles. The number of carbonyl (C=O) groups excluding carboxylic acids is 1. The lowest BCUT2D eigenvalue weighted by Gasteiger charge is -2.34. The smallest absolute Gasteiger partial charge is 0.271 e. The van der Waals surface area contributed by atoms with Crippen LogP contribution in [0, 0.1) is 13.8 Å². The molecule has 2 N–H and O–H groups in total. The molecular weight excluding hydrogens is 308 g/mol. The van der Waals surface area contributed by atoms with Crippen molar-refractivity contribution in [2.75, 3.05) is 39.3 Å². The normalized spacial score (nSPS) is 15.9. The lowest BCUT2D eigenvalue weighted by Crippen LogP contribution is -2.49. The number of aryl methyl sites for hydroxylation is 2. The highest BCUT2D eigenvalue weighted by Gasteiger charge is 2.24. The minimum absolute atomic E-state index is 0.0309. The van der Waals surface area contributed by atoms with Crippen LogP contribution in [0.4, 0.5) is 0 Å². The van der Waals surface area contributed by atoms with E-state index in [1.165, 1.54) is 0 Å². The van der Waals surface area contributed by atoms with Gasteiger partial charge in [0.05, 0.1) is 18.0 Å². The molecular formula is C16H24N6O2. The van der Waals surface area contributed by atoms with Gasteiger partial charge >= 0.3 is 0 Å². The standard InChI is InChI=1S/C16H24N6O2/c1-11-15(12(2)20(3)19-11)13-10-14(18-17-13)16(24)22-6-4-21(5-7-22)8-9-23/h10,23H,4-9H2,1-3H3,(H,17,18). The number of H-pyrrole nitrogens is 1. The van der Waals surface area contributed by atoms with Gasteiger partial charge in [0, 0.05) is 51.0 Å². The van der Waals surface area contributed by atoms with Crippen LogP contribution in [0.3, 0.4) is 0 Å². The first-order chi connectivity index (χ1) is 11.5. The van der Waals surface area contributed by atoms with Crippen LogP contribution >= 0.6 is 0 Å². The second-order valence-corrected chi connectivity index (χ2v) is 6.19. The van der Waals surface area contributed by atoms with Gasteiger partial charge in [0.2, 0.25) is 0 Å². The second kappa shape index (κ2) is 6.74. The third-order valence-corrected chi connectivity index (χ3v) is 4.65. The number of carbonyl (C=O) groups is 1. The molecule has 3 rings (SSSR count). The number of hydrogen-bond donors (Lipinski definition) is 2. The van der Waals surface area contributed by atoms with Crippen LogP contribution in [-0.2, 0) is 7.05 Å². The van der Waals surface area contributed by atoms with Crippen LogP contribution in [0.2, 0.25) is 0 Å². The van der Waals surface area contributed by atoms with Crippen molar-refractivity contribution >= 4 is 5.91 Å². The molecule has 0 radical (unpaired) electrons. The van der Waals surface area contributed by atoms with Gasteiger partial charge in [0.15, 0.2) is 0 Å². The number of nitrogens with zero attached hydrogens (tertiary/aromatic N) is 5. The molecule has 0 atom stereocenters. The minimum atomic E-state index is -0.0309. The molecule has 1 amide bonds. The van der Waals surface area contributed by atoms with Gasteiger partial charge in [0.1, 0.15) is 5.69 Å². The summed E-state index contributed by atoms with van der Waals surface area (Å²) >= 11 is 0. The van der Waals surface area contributed by atoms with Gasteiger partial charge < -0.3 is 10.0 Å². The van der Waals surface area contributed by atoms with Crippen LogP contribution in [0.25, 0.3) is 11.3 Å². The van der Waals surface area contributed by atoms with Crippen molar-refractivity contribution in [3.05, 3.63) is 23.1 Å². The highest BCUT2D eigenvalue weighted by molar-refractivity contribution is 5.93. The summed E-state index contributed by atoms with van der Waals surface area (Å²) in [5.74, 6) is -0.0309. The summed E-state index contributed by atoms with van der Waals surface area (Å²) in [5.41, 5.74) is 4.15. The molecule has 24 heavy (non-hydrogen) atoms. The molecule has 2 aromatic heterocycles. The fourth-order valence-electron chi connectivity index (χ4n) is 3.19. The molecule has 8 nitrogen and oxygen atoms in total. The van der Waals surface area contributed by atoms with Gasteiger partial charge in [-0.25, -0.2) is 0 Å². The van der Waals surface area contributed by atoms with Crippen molar-refractivity contribution in [1.29, 1.82) is 0 Å². The van der Waals surface area contributed by atoms with E-state index >= 15 is 0 Å². The summed E-state index contributed by atoms with van der Waals surface area (Å²) in [5, 5.41) is 20.6. The maximum absolute atomic E-state index is 12.6. The van der Waals surface area contributed by atoms with Crippen LogP contribution in [0.15, 0.2) is 6.07 Å². The zero-order valence-corrected chi connectivity index (χ0v) is 14.4. The minimum Gasteiger partial charge on any atom is -0.395 e. The van der Waals surface area contributed by atoms with Gasteiger partial charge in [-0.2, -0.15) is 10.2 Å². The van der Waals surface area contributed by atoms with Crippen molar-refractivity contribution in [3.8, 4) is 11.3 Å². The van der Waals surface area contributed by atoms with E-state index < -0.39 is 0 Å².